The smallest absolute Gasteiger partial charge is 0.0686 e. The first-order valence-corrected chi connectivity index (χ1v) is 6.88. The van der Waals surface area contributed by atoms with Crippen LogP contribution in [0.2, 0.25) is 0 Å². The molecule has 2 aliphatic carbocycles. The van der Waals surface area contributed by atoms with E-state index in [1.807, 2.05) is 13.8 Å². The molecule has 2 aliphatic rings. The van der Waals surface area contributed by atoms with Crippen molar-refractivity contribution in [2.24, 2.45) is 17.8 Å². The molecule has 98 valence electrons. The normalized spacial score (nSPS) is 46.6. The quantitative estimate of drug-likeness (QED) is 0.690. The standard InChI is InChI=1S/C15H26O2/c1-10(2)11-5-7-14(3,16)12-6-8-15(4,17)13(12)9-11/h5,10,12-13,16-17H,6-9H2,1-4H3/t12-,13-,14+,15-/m0/s1. The predicted octanol–water partition coefficient (Wildman–Crippen LogP) is 2.89. The zero-order valence-electron chi connectivity index (χ0n) is 11.5. The summed E-state index contributed by atoms with van der Waals surface area (Å²) in [4.78, 5) is 0. The minimum absolute atomic E-state index is 0.216. The average molecular weight is 238 g/mol. The van der Waals surface area contributed by atoms with Crippen LogP contribution < -0.4 is 0 Å². The van der Waals surface area contributed by atoms with E-state index in [-0.39, 0.29) is 11.8 Å². The Morgan fingerprint density at radius 3 is 2.41 bits per heavy atom. The molecule has 2 rings (SSSR count). The minimum atomic E-state index is -0.651. The summed E-state index contributed by atoms with van der Waals surface area (Å²) in [7, 11) is 0. The van der Waals surface area contributed by atoms with Crippen molar-refractivity contribution in [3.8, 4) is 0 Å². The zero-order valence-corrected chi connectivity index (χ0v) is 11.5. The van der Waals surface area contributed by atoms with Crippen LogP contribution in [0.15, 0.2) is 11.6 Å². The van der Waals surface area contributed by atoms with Gasteiger partial charge in [0.1, 0.15) is 0 Å². The summed E-state index contributed by atoms with van der Waals surface area (Å²) in [6.07, 6.45) is 5.66. The van der Waals surface area contributed by atoms with E-state index in [1.54, 1.807) is 0 Å². The number of rotatable bonds is 1. The fourth-order valence-electron chi connectivity index (χ4n) is 3.67. The second-order valence-electron chi connectivity index (χ2n) is 6.81. The molecule has 1 saturated carbocycles. The number of hydrogen-bond acceptors (Lipinski definition) is 2. The van der Waals surface area contributed by atoms with Gasteiger partial charge < -0.3 is 10.2 Å². The first kappa shape index (κ1) is 13.1. The van der Waals surface area contributed by atoms with Crippen molar-refractivity contribution in [1.82, 2.24) is 0 Å². The van der Waals surface area contributed by atoms with Gasteiger partial charge in [-0.25, -0.2) is 0 Å². The molecule has 0 aromatic carbocycles. The Bertz CT molecular complexity index is 326. The molecule has 4 atom stereocenters. The maximum Gasteiger partial charge on any atom is 0.0686 e. The predicted molar refractivity (Wildman–Crippen MR) is 69.6 cm³/mol. The molecule has 0 amide bonds. The molecule has 2 nitrogen and oxygen atoms in total. The van der Waals surface area contributed by atoms with Crippen molar-refractivity contribution in [3.63, 3.8) is 0 Å². The van der Waals surface area contributed by atoms with Gasteiger partial charge in [-0.05, 0) is 57.3 Å². The van der Waals surface area contributed by atoms with E-state index in [0.29, 0.717) is 5.92 Å². The summed E-state index contributed by atoms with van der Waals surface area (Å²) < 4.78 is 0. The molecule has 0 bridgehead atoms. The third kappa shape index (κ3) is 2.30. The van der Waals surface area contributed by atoms with Crippen LogP contribution in [0.1, 0.15) is 53.4 Å². The number of allylic oxidation sites excluding steroid dienone is 1. The molecule has 0 aromatic rings. The third-order valence-corrected chi connectivity index (χ3v) is 5.02. The van der Waals surface area contributed by atoms with Crippen LogP contribution in [-0.4, -0.2) is 21.4 Å². The van der Waals surface area contributed by atoms with Crippen molar-refractivity contribution in [2.75, 3.05) is 0 Å². The lowest BCUT2D eigenvalue weighted by atomic mass is 9.75. The molecule has 1 fully saturated rings. The highest BCUT2D eigenvalue weighted by Crippen LogP contribution is 2.51. The largest absolute Gasteiger partial charge is 0.390 e. The summed E-state index contributed by atoms with van der Waals surface area (Å²) in [5.74, 6) is 0.972. The first-order valence-electron chi connectivity index (χ1n) is 6.88. The molecule has 2 heteroatoms. The average Bonchev–Trinajstić information content (AvgIpc) is 2.39. The van der Waals surface area contributed by atoms with Crippen LogP contribution >= 0.6 is 0 Å². The van der Waals surface area contributed by atoms with Crippen LogP contribution in [-0.2, 0) is 0 Å². The molecular weight excluding hydrogens is 212 g/mol. The Hall–Kier alpha value is -0.340. The zero-order chi connectivity index (χ0) is 12.8. The van der Waals surface area contributed by atoms with Crippen LogP contribution in [0.5, 0.6) is 0 Å². The van der Waals surface area contributed by atoms with Gasteiger partial charge >= 0.3 is 0 Å². The highest BCUT2D eigenvalue weighted by molar-refractivity contribution is 5.16. The van der Waals surface area contributed by atoms with Gasteiger partial charge in [0.25, 0.3) is 0 Å². The minimum Gasteiger partial charge on any atom is -0.390 e. The maximum atomic E-state index is 10.6. The van der Waals surface area contributed by atoms with E-state index >= 15 is 0 Å². The lowest BCUT2D eigenvalue weighted by Crippen LogP contribution is -2.41. The van der Waals surface area contributed by atoms with E-state index in [0.717, 1.165) is 25.7 Å². The monoisotopic (exact) mass is 238 g/mol. The van der Waals surface area contributed by atoms with Gasteiger partial charge in [0.05, 0.1) is 11.2 Å². The molecule has 2 N–H and O–H groups in total. The second-order valence-corrected chi connectivity index (χ2v) is 6.81. The van der Waals surface area contributed by atoms with Gasteiger partial charge in [-0.15, -0.1) is 0 Å². The first-order chi connectivity index (χ1) is 7.74. The van der Waals surface area contributed by atoms with Gasteiger partial charge in [0.2, 0.25) is 0 Å². The van der Waals surface area contributed by atoms with Crippen molar-refractivity contribution in [3.05, 3.63) is 11.6 Å². The molecule has 0 spiro atoms. The fraction of sp³-hybridized carbons (Fsp3) is 0.867. The Morgan fingerprint density at radius 1 is 1.18 bits per heavy atom. The Morgan fingerprint density at radius 2 is 1.82 bits per heavy atom. The summed E-state index contributed by atoms with van der Waals surface area (Å²) >= 11 is 0. The lowest BCUT2D eigenvalue weighted by molar-refractivity contribution is -0.0514. The molecule has 0 radical (unpaired) electrons. The van der Waals surface area contributed by atoms with Gasteiger partial charge in [-0.1, -0.05) is 25.5 Å². The van der Waals surface area contributed by atoms with E-state index in [4.69, 9.17) is 0 Å². The summed E-state index contributed by atoms with van der Waals surface area (Å²) in [5, 5.41) is 21.1. The number of fused-ring (bicyclic) bond motifs is 1. The van der Waals surface area contributed by atoms with E-state index < -0.39 is 11.2 Å². The second kappa shape index (κ2) is 4.10. The molecule has 0 heterocycles. The van der Waals surface area contributed by atoms with Crippen molar-refractivity contribution >= 4 is 0 Å². The van der Waals surface area contributed by atoms with E-state index in [1.165, 1.54) is 5.57 Å². The summed E-state index contributed by atoms with van der Waals surface area (Å²) in [5.41, 5.74) is 0.148. The van der Waals surface area contributed by atoms with Gasteiger partial charge in [-0.3, -0.25) is 0 Å². The van der Waals surface area contributed by atoms with Crippen LogP contribution in [0.25, 0.3) is 0 Å². The molecule has 0 aliphatic heterocycles. The Labute approximate surface area is 105 Å². The molecule has 17 heavy (non-hydrogen) atoms. The van der Waals surface area contributed by atoms with E-state index in [2.05, 4.69) is 19.9 Å². The van der Waals surface area contributed by atoms with Crippen molar-refractivity contribution in [2.45, 2.75) is 64.6 Å². The van der Waals surface area contributed by atoms with Gasteiger partial charge in [-0.2, -0.15) is 0 Å². The number of aliphatic hydroxyl groups is 2. The SMILES string of the molecule is CC(C)C1=CC[C@@](C)(O)[C@H]2CC[C@](C)(O)[C@H]2C1. The fourth-order valence-corrected chi connectivity index (χ4v) is 3.67. The maximum absolute atomic E-state index is 10.6. The molecule has 0 aromatic heterocycles. The number of hydrogen-bond donors (Lipinski definition) is 2. The van der Waals surface area contributed by atoms with E-state index in [9.17, 15) is 10.2 Å². The lowest BCUT2D eigenvalue weighted by Gasteiger charge is -2.35. The van der Waals surface area contributed by atoms with Gasteiger partial charge in [0, 0.05) is 0 Å². The summed E-state index contributed by atoms with van der Waals surface area (Å²) in [6, 6.07) is 0. The Kier molecular flexibility index (Phi) is 3.16. The van der Waals surface area contributed by atoms with Gasteiger partial charge in [0.15, 0.2) is 0 Å². The van der Waals surface area contributed by atoms with Crippen molar-refractivity contribution in [1.29, 1.82) is 0 Å². The Balaban J connectivity index is 2.32. The van der Waals surface area contributed by atoms with Crippen molar-refractivity contribution < 1.29 is 10.2 Å². The van der Waals surface area contributed by atoms with Crippen LogP contribution in [0.3, 0.4) is 0 Å². The third-order valence-electron chi connectivity index (χ3n) is 5.02. The highest BCUT2D eigenvalue weighted by Gasteiger charge is 2.51. The molecule has 0 saturated heterocycles. The van der Waals surface area contributed by atoms with Crippen LogP contribution in [0.4, 0.5) is 0 Å². The molecule has 0 unspecified atom stereocenters. The molecular formula is C15H26O2. The summed E-state index contributed by atoms with van der Waals surface area (Å²) in [6.45, 7) is 8.28. The van der Waals surface area contributed by atoms with Crippen LogP contribution in [0, 0.1) is 17.8 Å². The topological polar surface area (TPSA) is 40.5 Å². The highest BCUT2D eigenvalue weighted by atomic mass is 16.3.